The molecule has 1 unspecified atom stereocenters. The molecule has 1 aromatic heterocycles. The van der Waals surface area contributed by atoms with E-state index >= 15 is 0 Å². The Hall–Kier alpha value is -0.470. The Morgan fingerprint density at radius 2 is 2.19 bits per heavy atom. The molecule has 0 radical (unpaired) electrons. The Balaban J connectivity index is 2.09. The normalized spacial score (nSPS) is 21.8. The predicted molar refractivity (Wildman–Crippen MR) is 87.2 cm³/mol. The Morgan fingerprint density at radius 3 is 2.86 bits per heavy atom. The SMILES string of the molecule is CCCNCc1cc(S(=O)(=O)N2CCN(C)CC2C)cs1. The second-order valence-electron chi connectivity index (χ2n) is 5.65. The number of thiophene rings is 1. The van der Waals surface area contributed by atoms with Crippen molar-refractivity contribution in [2.75, 3.05) is 33.2 Å². The molecular weight excluding hydrogens is 306 g/mol. The van der Waals surface area contributed by atoms with Crippen molar-refractivity contribution in [1.82, 2.24) is 14.5 Å². The van der Waals surface area contributed by atoms with Crippen LogP contribution in [0.2, 0.25) is 0 Å². The van der Waals surface area contributed by atoms with Gasteiger partial charge >= 0.3 is 0 Å². The molecule has 1 saturated heterocycles. The molecule has 2 heterocycles. The minimum atomic E-state index is -3.36. The highest BCUT2D eigenvalue weighted by Crippen LogP contribution is 2.25. The molecule has 5 nitrogen and oxygen atoms in total. The molecule has 120 valence electrons. The van der Waals surface area contributed by atoms with E-state index in [1.165, 1.54) is 11.3 Å². The summed E-state index contributed by atoms with van der Waals surface area (Å²) in [5.74, 6) is 0. The zero-order valence-corrected chi connectivity index (χ0v) is 14.6. The first-order valence-electron chi connectivity index (χ1n) is 7.43. The summed E-state index contributed by atoms with van der Waals surface area (Å²) in [5.41, 5.74) is 0. The lowest BCUT2D eigenvalue weighted by Crippen LogP contribution is -2.52. The van der Waals surface area contributed by atoms with Crippen molar-refractivity contribution in [2.45, 2.75) is 37.8 Å². The molecule has 0 bridgehead atoms. The van der Waals surface area contributed by atoms with Gasteiger partial charge in [0.2, 0.25) is 10.0 Å². The second kappa shape index (κ2) is 7.19. The lowest BCUT2D eigenvalue weighted by atomic mass is 10.2. The van der Waals surface area contributed by atoms with Gasteiger partial charge in [0.25, 0.3) is 0 Å². The van der Waals surface area contributed by atoms with Crippen LogP contribution in [0.4, 0.5) is 0 Å². The average Bonchev–Trinajstić information content (AvgIpc) is 2.88. The monoisotopic (exact) mass is 331 g/mol. The van der Waals surface area contributed by atoms with E-state index in [0.29, 0.717) is 11.4 Å². The predicted octanol–water partition coefficient (Wildman–Crippen LogP) is 1.57. The third-order valence-electron chi connectivity index (χ3n) is 3.73. The van der Waals surface area contributed by atoms with Gasteiger partial charge in [0, 0.05) is 42.5 Å². The molecule has 1 aromatic rings. The van der Waals surface area contributed by atoms with Crippen LogP contribution in [0.3, 0.4) is 0 Å². The fourth-order valence-corrected chi connectivity index (χ4v) is 5.44. The van der Waals surface area contributed by atoms with E-state index in [-0.39, 0.29) is 6.04 Å². The van der Waals surface area contributed by atoms with E-state index in [0.717, 1.165) is 37.5 Å². The standard InChI is InChI=1S/C14H25N3O2S2/c1-4-5-15-9-13-8-14(11-20-13)21(18,19)17-7-6-16(3)10-12(17)2/h8,11-12,15H,4-7,9-10H2,1-3H3. The molecule has 1 fully saturated rings. The molecule has 1 N–H and O–H groups in total. The molecule has 7 heteroatoms. The summed E-state index contributed by atoms with van der Waals surface area (Å²) >= 11 is 1.51. The van der Waals surface area contributed by atoms with Crippen molar-refractivity contribution < 1.29 is 8.42 Å². The maximum Gasteiger partial charge on any atom is 0.244 e. The average molecular weight is 332 g/mol. The number of piperazine rings is 1. The highest BCUT2D eigenvalue weighted by molar-refractivity contribution is 7.89. The van der Waals surface area contributed by atoms with Crippen LogP contribution >= 0.6 is 11.3 Å². The number of hydrogen-bond donors (Lipinski definition) is 1. The fourth-order valence-electron chi connectivity index (χ4n) is 2.59. The van der Waals surface area contributed by atoms with Crippen molar-refractivity contribution in [2.24, 2.45) is 0 Å². The van der Waals surface area contributed by atoms with E-state index in [1.54, 1.807) is 9.69 Å². The molecule has 1 aliphatic rings. The van der Waals surface area contributed by atoms with Gasteiger partial charge in [0.15, 0.2) is 0 Å². The lowest BCUT2D eigenvalue weighted by Gasteiger charge is -2.36. The molecule has 1 atom stereocenters. The number of rotatable bonds is 6. The van der Waals surface area contributed by atoms with Gasteiger partial charge in [-0.15, -0.1) is 11.3 Å². The molecule has 0 aromatic carbocycles. The Morgan fingerprint density at radius 1 is 1.43 bits per heavy atom. The fraction of sp³-hybridized carbons (Fsp3) is 0.714. The quantitative estimate of drug-likeness (QED) is 0.804. The maximum atomic E-state index is 12.7. The van der Waals surface area contributed by atoms with Gasteiger partial charge in [0.05, 0.1) is 4.90 Å². The van der Waals surface area contributed by atoms with Gasteiger partial charge in [0.1, 0.15) is 0 Å². The molecule has 2 rings (SSSR count). The van der Waals surface area contributed by atoms with Gasteiger partial charge < -0.3 is 10.2 Å². The molecular formula is C14H25N3O2S2. The number of nitrogens with zero attached hydrogens (tertiary/aromatic N) is 2. The van der Waals surface area contributed by atoms with E-state index in [1.807, 2.05) is 20.0 Å². The van der Waals surface area contributed by atoms with Crippen LogP contribution in [0.5, 0.6) is 0 Å². The molecule has 0 amide bonds. The summed E-state index contributed by atoms with van der Waals surface area (Å²) < 4.78 is 27.1. The van der Waals surface area contributed by atoms with Crippen molar-refractivity contribution >= 4 is 21.4 Å². The first-order valence-corrected chi connectivity index (χ1v) is 9.75. The largest absolute Gasteiger partial charge is 0.312 e. The van der Waals surface area contributed by atoms with E-state index < -0.39 is 10.0 Å². The van der Waals surface area contributed by atoms with Gasteiger partial charge in [-0.05, 0) is 33.0 Å². The Kier molecular flexibility index (Phi) is 5.79. The summed E-state index contributed by atoms with van der Waals surface area (Å²) in [4.78, 5) is 3.69. The van der Waals surface area contributed by atoms with Crippen LogP contribution < -0.4 is 5.32 Å². The Bertz CT molecular complexity index is 556. The van der Waals surface area contributed by atoms with E-state index in [9.17, 15) is 8.42 Å². The number of sulfonamides is 1. The van der Waals surface area contributed by atoms with Gasteiger partial charge in [-0.3, -0.25) is 0 Å². The summed E-state index contributed by atoms with van der Waals surface area (Å²) in [6.07, 6.45) is 1.08. The van der Waals surface area contributed by atoms with Crippen LogP contribution in [0.1, 0.15) is 25.1 Å². The summed E-state index contributed by atoms with van der Waals surface area (Å²) in [7, 11) is -1.32. The van der Waals surface area contributed by atoms with Crippen molar-refractivity contribution in [3.8, 4) is 0 Å². The van der Waals surface area contributed by atoms with Crippen LogP contribution in [0, 0.1) is 0 Å². The van der Waals surface area contributed by atoms with Crippen molar-refractivity contribution in [1.29, 1.82) is 0 Å². The van der Waals surface area contributed by atoms with Crippen LogP contribution in [0.25, 0.3) is 0 Å². The highest BCUT2D eigenvalue weighted by atomic mass is 32.2. The molecule has 21 heavy (non-hydrogen) atoms. The molecule has 0 aliphatic carbocycles. The van der Waals surface area contributed by atoms with E-state index in [4.69, 9.17) is 0 Å². The first kappa shape index (κ1) is 16.9. The molecule has 0 spiro atoms. The first-order chi connectivity index (χ1) is 9.95. The topological polar surface area (TPSA) is 52.7 Å². The van der Waals surface area contributed by atoms with Crippen LogP contribution in [-0.4, -0.2) is 56.9 Å². The summed E-state index contributed by atoms with van der Waals surface area (Å²) in [6.45, 7) is 7.93. The minimum absolute atomic E-state index is 0.0234. The van der Waals surface area contributed by atoms with E-state index in [2.05, 4.69) is 17.1 Å². The maximum absolute atomic E-state index is 12.7. The van der Waals surface area contributed by atoms with Crippen molar-refractivity contribution in [3.05, 3.63) is 16.3 Å². The molecule has 1 aliphatic heterocycles. The van der Waals surface area contributed by atoms with Gasteiger partial charge in [-0.2, -0.15) is 4.31 Å². The van der Waals surface area contributed by atoms with Crippen LogP contribution in [-0.2, 0) is 16.6 Å². The minimum Gasteiger partial charge on any atom is -0.312 e. The highest BCUT2D eigenvalue weighted by Gasteiger charge is 2.33. The molecule has 0 saturated carbocycles. The van der Waals surface area contributed by atoms with Gasteiger partial charge in [-0.25, -0.2) is 8.42 Å². The van der Waals surface area contributed by atoms with Crippen LogP contribution in [0.15, 0.2) is 16.3 Å². The summed E-state index contributed by atoms with van der Waals surface area (Å²) in [5, 5.41) is 5.07. The zero-order chi connectivity index (χ0) is 15.5. The third-order valence-corrected chi connectivity index (χ3v) is 6.81. The van der Waals surface area contributed by atoms with Gasteiger partial charge in [-0.1, -0.05) is 6.92 Å². The number of nitrogens with one attached hydrogen (secondary N) is 1. The Labute approximate surface area is 132 Å². The number of likely N-dealkylation sites (N-methyl/N-ethyl adjacent to an activating group) is 1. The third kappa shape index (κ3) is 4.04. The van der Waals surface area contributed by atoms with Crippen molar-refractivity contribution in [3.63, 3.8) is 0 Å². The smallest absolute Gasteiger partial charge is 0.244 e. The summed E-state index contributed by atoms with van der Waals surface area (Å²) in [6, 6.07) is 1.84. The second-order valence-corrected chi connectivity index (χ2v) is 8.54. The number of hydrogen-bond acceptors (Lipinski definition) is 5. The zero-order valence-electron chi connectivity index (χ0n) is 13.0. The lowest BCUT2D eigenvalue weighted by molar-refractivity contribution is 0.170.